The van der Waals surface area contributed by atoms with E-state index in [0.717, 1.165) is 33.2 Å². The largest absolute Gasteiger partial charge is 0.268 e. The molecule has 0 aliphatic heterocycles. The van der Waals surface area contributed by atoms with Crippen LogP contribution in [0.1, 0.15) is 21.8 Å². The molecular weight excluding hydrogens is 356 g/mol. The van der Waals surface area contributed by atoms with E-state index in [2.05, 4.69) is 29.3 Å². The van der Waals surface area contributed by atoms with E-state index in [1.165, 1.54) is 9.56 Å². The van der Waals surface area contributed by atoms with E-state index in [1.807, 2.05) is 48.9 Å². The third-order valence-corrected chi connectivity index (χ3v) is 5.41. The molecule has 0 saturated carbocycles. The van der Waals surface area contributed by atoms with Gasteiger partial charge >= 0.3 is 0 Å². The molecule has 0 atom stereocenters. The summed E-state index contributed by atoms with van der Waals surface area (Å²) in [5, 5.41) is 9.05. The van der Waals surface area contributed by atoms with Gasteiger partial charge in [-0.2, -0.15) is 10.2 Å². The summed E-state index contributed by atoms with van der Waals surface area (Å²) in [5.74, 6) is 0. The number of rotatable bonds is 4. The van der Waals surface area contributed by atoms with Gasteiger partial charge in [0.1, 0.15) is 5.69 Å². The maximum absolute atomic E-state index is 12.2. The molecule has 5 nitrogen and oxygen atoms in total. The molecule has 0 N–H and O–H groups in total. The first kappa shape index (κ1) is 17.4. The molecule has 27 heavy (non-hydrogen) atoms. The van der Waals surface area contributed by atoms with Crippen molar-refractivity contribution < 1.29 is 0 Å². The SMILES string of the molecule is Cc1cc(C)n(-c2ccc(Cn3nc(-c4ccc(C)s4)ccc3=O)cc2)n1. The van der Waals surface area contributed by atoms with Gasteiger partial charge in [-0.1, -0.05) is 12.1 Å². The van der Waals surface area contributed by atoms with Crippen LogP contribution in [0.15, 0.2) is 59.4 Å². The number of hydrogen-bond acceptors (Lipinski definition) is 4. The molecule has 6 heteroatoms. The molecule has 136 valence electrons. The van der Waals surface area contributed by atoms with Crippen molar-refractivity contribution in [2.24, 2.45) is 0 Å². The Morgan fingerprint density at radius 2 is 1.70 bits per heavy atom. The lowest BCUT2D eigenvalue weighted by atomic mass is 10.2. The van der Waals surface area contributed by atoms with Gasteiger partial charge in [0.2, 0.25) is 0 Å². The quantitative estimate of drug-likeness (QED) is 0.538. The maximum atomic E-state index is 12.2. The molecule has 0 aliphatic carbocycles. The fourth-order valence-corrected chi connectivity index (χ4v) is 3.90. The van der Waals surface area contributed by atoms with Crippen LogP contribution in [0.25, 0.3) is 16.3 Å². The summed E-state index contributed by atoms with van der Waals surface area (Å²) in [4.78, 5) is 14.5. The Kier molecular flexibility index (Phi) is 4.49. The Morgan fingerprint density at radius 1 is 0.926 bits per heavy atom. The monoisotopic (exact) mass is 376 g/mol. The van der Waals surface area contributed by atoms with Crippen LogP contribution in [0.5, 0.6) is 0 Å². The van der Waals surface area contributed by atoms with Gasteiger partial charge in [-0.05, 0) is 62.7 Å². The van der Waals surface area contributed by atoms with Crippen LogP contribution in [-0.2, 0) is 6.54 Å². The van der Waals surface area contributed by atoms with Gasteiger partial charge in [-0.15, -0.1) is 11.3 Å². The first-order chi connectivity index (χ1) is 13.0. The average molecular weight is 376 g/mol. The average Bonchev–Trinajstić information content (AvgIpc) is 3.22. The number of aromatic nitrogens is 4. The lowest BCUT2D eigenvalue weighted by Gasteiger charge is -2.08. The van der Waals surface area contributed by atoms with Gasteiger partial charge in [0.05, 0.1) is 22.8 Å². The summed E-state index contributed by atoms with van der Waals surface area (Å²) in [6, 6.07) is 17.6. The minimum atomic E-state index is -0.102. The molecule has 0 spiro atoms. The van der Waals surface area contributed by atoms with Gasteiger partial charge in [0, 0.05) is 16.6 Å². The van der Waals surface area contributed by atoms with Crippen molar-refractivity contribution in [2.75, 3.05) is 0 Å². The molecule has 1 aromatic carbocycles. The molecule has 0 bridgehead atoms. The summed E-state index contributed by atoms with van der Waals surface area (Å²) in [7, 11) is 0. The topological polar surface area (TPSA) is 52.7 Å². The zero-order valence-corrected chi connectivity index (χ0v) is 16.3. The molecule has 0 aliphatic rings. The van der Waals surface area contributed by atoms with Gasteiger partial charge in [-0.25, -0.2) is 9.36 Å². The van der Waals surface area contributed by atoms with E-state index in [0.29, 0.717) is 6.54 Å². The van der Waals surface area contributed by atoms with Crippen molar-refractivity contribution in [1.29, 1.82) is 0 Å². The van der Waals surface area contributed by atoms with Crippen LogP contribution < -0.4 is 5.56 Å². The van der Waals surface area contributed by atoms with E-state index in [1.54, 1.807) is 23.5 Å². The van der Waals surface area contributed by atoms with Crippen molar-refractivity contribution in [2.45, 2.75) is 27.3 Å². The van der Waals surface area contributed by atoms with Crippen LogP contribution >= 0.6 is 11.3 Å². The molecule has 0 fully saturated rings. The molecule has 4 aromatic rings. The number of benzene rings is 1. The Labute approximate surface area is 161 Å². The second-order valence-corrected chi connectivity index (χ2v) is 7.92. The van der Waals surface area contributed by atoms with Crippen molar-refractivity contribution >= 4 is 11.3 Å². The van der Waals surface area contributed by atoms with Crippen molar-refractivity contribution in [3.8, 4) is 16.3 Å². The number of nitrogens with zero attached hydrogens (tertiary/aromatic N) is 4. The van der Waals surface area contributed by atoms with E-state index >= 15 is 0 Å². The molecule has 0 radical (unpaired) electrons. The third kappa shape index (κ3) is 3.61. The molecule has 4 rings (SSSR count). The summed E-state index contributed by atoms with van der Waals surface area (Å²) in [6.07, 6.45) is 0. The number of aryl methyl sites for hydroxylation is 3. The third-order valence-electron chi connectivity index (χ3n) is 4.38. The lowest BCUT2D eigenvalue weighted by Crippen LogP contribution is -2.22. The predicted octanol–water partition coefficient (Wildman–Crippen LogP) is 4.13. The normalized spacial score (nSPS) is 11.1. The molecule has 0 unspecified atom stereocenters. The standard InChI is InChI=1S/C21H20N4OS/c1-14-12-15(2)25(22-14)18-7-5-17(6-8-18)13-24-21(26)11-9-19(23-24)20-10-4-16(3)27-20/h4-12H,13H2,1-3H3. The zero-order valence-electron chi connectivity index (χ0n) is 15.5. The van der Waals surface area contributed by atoms with Gasteiger partial charge in [-0.3, -0.25) is 4.79 Å². The Morgan fingerprint density at radius 3 is 2.33 bits per heavy atom. The van der Waals surface area contributed by atoms with Gasteiger partial charge in [0.25, 0.3) is 5.56 Å². The lowest BCUT2D eigenvalue weighted by molar-refractivity contribution is 0.643. The molecule has 3 aromatic heterocycles. The summed E-state index contributed by atoms with van der Waals surface area (Å²) >= 11 is 1.68. The Bertz CT molecular complexity index is 1150. The van der Waals surface area contributed by atoms with Crippen molar-refractivity contribution in [1.82, 2.24) is 19.6 Å². The van der Waals surface area contributed by atoms with E-state index in [4.69, 9.17) is 0 Å². The highest BCUT2D eigenvalue weighted by atomic mass is 32.1. The van der Waals surface area contributed by atoms with Crippen LogP contribution in [0.4, 0.5) is 0 Å². The molecular formula is C21H20N4OS. The second-order valence-electron chi connectivity index (χ2n) is 6.63. The summed E-state index contributed by atoms with van der Waals surface area (Å²) in [5.41, 5.74) is 4.84. The smallest absolute Gasteiger partial charge is 0.267 e. The molecule has 3 heterocycles. The fourth-order valence-electron chi connectivity index (χ4n) is 3.07. The number of hydrogen-bond donors (Lipinski definition) is 0. The van der Waals surface area contributed by atoms with E-state index in [9.17, 15) is 4.79 Å². The van der Waals surface area contributed by atoms with Crippen LogP contribution in [0.2, 0.25) is 0 Å². The fraction of sp³-hybridized carbons (Fsp3) is 0.190. The summed E-state index contributed by atoms with van der Waals surface area (Å²) in [6.45, 7) is 6.52. The van der Waals surface area contributed by atoms with E-state index in [-0.39, 0.29) is 5.56 Å². The first-order valence-electron chi connectivity index (χ1n) is 8.77. The van der Waals surface area contributed by atoms with Crippen LogP contribution in [0, 0.1) is 20.8 Å². The van der Waals surface area contributed by atoms with Gasteiger partial charge in [0.15, 0.2) is 0 Å². The Hall–Kier alpha value is -2.99. The highest BCUT2D eigenvalue weighted by Crippen LogP contribution is 2.25. The molecule has 0 saturated heterocycles. The minimum Gasteiger partial charge on any atom is -0.268 e. The van der Waals surface area contributed by atoms with E-state index < -0.39 is 0 Å². The minimum absolute atomic E-state index is 0.102. The highest BCUT2D eigenvalue weighted by molar-refractivity contribution is 7.15. The van der Waals surface area contributed by atoms with Gasteiger partial charge < -0.3 is 0 Å². The molecule has 0 amide bonds. The first-order valence-corrected chi connectivity index (χ1v) is 9.59. The maximum Gasteiger partial charge on any atom is 0.267 e. The van der Waals surface area contributed by atoms with Crippen molar-refractivity contribution in [3.05, 3.63) is 86.8 Å². The number of thiophene rings is 1. The van der Waals surface area contributed by atoms with Crippen LogP contribution in [0.3, 0.4) is 0 Å². The highest BCUT2D eigenvalue weighted by Gasteiger charge is 2.07. The predicted molar refractivity (Wildman–Crippen MR) is 109 cm³/mol. The second kappa shape index (κ2) is 6.96. The van der Waals surface area contributed by atoms with Crippen molar-refractivity contribution in [3.63, 3.8) is 0 Å². The van der Waals surface area contributed by atoms with Crippen LogP contribution in [-0.4, -0.2) is 19.6 Å². The zero-order chi connectivity index (χ0) is 19.0. The Balaban J connectivity index is 1.60. The summed E-state index contributed by atoms with van der Waals surface area (Å²) < 4.78 is 3.44.